The quantitative estimate of drug-likeness (QED) is 0.764. The minimum absolute atomic E-state index is 0.194. The zero-order valence-corrected chi connectivity index (χ0v) is 14.8. The first-order chi connectivity index (χ1) is 12.0. The standard InChI is InChI=1S/C18H25N3O4/c1-12(22)20-15(9-13-7-5-4-6-8-13)18(24)21-11-14(25-3)10-16(21)17(23)19-2/h4-8,14-16H,9-11H2,1-3H3,(H,19,23)(H,20,22)/t14-,15-,16-/m0/s1. The summed E-state index contributed by atoms with van der Waals surface area (Å²) < 4.78 is 5.33. The molecule has 1 aliphatic heterocycles. The first kappa shape index (κ1) is 18.9. The van der Waals surface area contributed by atoms with Crippen molar-refractivity contribution in [2.24, 2.45) is 0 Å². The molecule has 7 nitrogen and oxygen atoms in total. The number of nitrogens with zero attached hydrogens (tertiary/aromatic N) is 1. The number of likely N-dealkylation sites (N-methyl/N-ethyl adjacent to an activating group) is 1. The van der Waals surface area contributed by atoms with Crippen LogP contribution in [0.15, 0.2) is 30.3 Å². The molecule has 2 N–H and O–H groups in total. The summed E-state index contributed by atoms with van der Waals surface area (Å²) in [5, 5.41) is 5.30. The van der Waals surface area contributed by atoms with Gasteiger partial charge < -0.3 is 20.3 Å². The minimum Gasteiger partial charge on any atom is -0.380 e. The molecule has 3 amide bonds. The van der Waals surface area contributed by atoms with Crippen LogP contribution in [-0.2, 0) is 25.5 Å². The van der Waals surface area contributed by atoms with Crippen LogP contribution in [0.3, 0.4) is 0 Å². The minimum atomic E-state index is -0.720. The van der Waals surface area contributed by atoms with Gasteiger partial charge in [0, 0.05) is 40.5 Å². The number of carbonyl (C=O) groups excluding carboxylic acids is 3. The summed E-state index contributed by atoms with van der Waals surface area (Å²) >= 11 is 0. The molecule has 1 aromatic carbocycles. The van der Waals surface area contributed by atoms with Gasteiger partial charge in [-0.1, -0.05) is 30.3 Å². The molecule has 0 radical (unpaired) electrons. The van der Waals surface area contributed by atoms with E-state index >= 15 is 0 Å². The summed E-state index contributed by atoms with van der Waals surface area (Å²) in [4.78, 5) is 38.3. The van der Waals surface area contributed by atoms with E-state index in [1.165, 1.54) is 11.8 Å². The number of methoxy groups -OCH3 is 1. The van der Waals surface area contributed by atoms with E-state index in [2.05, 4.69) is 10.6 Å². The predicted molar refractivity (Wildman–Crippen MR) is 92.7 cm³/mol. The van der Waals surface area contributed by atoms with E-state index in [0.717, 1.165) is 5.56 Å². The molecule has 0 bridgehead atoms. The fraction of sp³-hybridized carbons (Fsp3) is 0.500. The van der Waals surface area contributed by atoms with Gasteiger partial charge in [-0.3, -0.25) is 14.4 Å². The molecule has 0 aliphatic carbocycles. The highest BCUT2D eigenvalue weighted by atomic mass is 16.5. The predicted octanol–water partition coefficient (Wildman–Crippen LogP) is 0.0957. The Hall–Kier alpha value is -2.41. The van der Waals surface area contributed by atoms with Crippen molar-refractivity contribution in [1.29, 1.82) is 0 Å². The number of ether oxygens (including phenoxy) is 1. The maximum Gasteiger partial charge on any atom is 0.246 e. The lowest BCUT2D eigenvalue weighted by Gasteiger charge is -2.28. The highest BCUT2D eigenvalue weighted by Gasteiger charge is 2.41. The fourth-order valence-corrected chi connectivity index (χ4v) is 3.12. The van der Waals surface area contributed by atoms with Gasteiger partial charge in [0.15, 0.2) is 0 Å². The Morgan fingerprint density at radius 2 is 1.96 bits per heavy atom. The molecular weight excluding hydrogens is 322 g/mol. The largest absolute Gasteiger partial charge is 0.380 e. The number of carbonyl (C=O) groups is 3. The van der Waals surface area contributed by atoms with E-state index in [0.29, 0.717) is 19.4 Å². The molecule has 136 valence electrons. The fourth-order valence-electron chi connectivity index (χ4n) is 3.12. The summed E-state index contributed by atoms with van der Waals surface area (Å²) in [5.41, 5.74) is 0.939. The second-order valence-electron chi connectivity index (χ2n) is 6.16. The van der Waals surface area contributed by atoms with Crippen molar-refractivity contribution in [2.45, 2.75) is 38.0 Å². The summed E-state index contributed by atoms with van der Waals surface area (Å²) in [6.45, 7) is 1.71. The highest BCUT2D eigenvalue weighted by molar-refractivity contribution is 5.92. The first-order valence-electron chi connectivity index (χ1n) is 8.32. The van der Waals surface area contributed by atoms with Crippen LogP contribution in [0.1, 0.15) is 18.9 Å². The Labute approximate surface area is 147 Å². The van der Waals surface area contributed by atoms with Crippen molar-refractivity contribution in [3.63, 3.8) is 0 Å². The molecule has 1 heterocycles. The van der Waals surface area contributed by atoms with Gasteiger partial charge in [0.1, 0.15) is 12.1 Å². The Morgan fingerprint density at radius 3 is 2.52 bits per heavy atom. The summed E-state index contributed by atoms with van der Waals surface area (Å²) in [5.74, 6) is -0.783. The van der Waals surface area contributed by atoms with Crippen LogP contribution in [0.4, 0.5) is 0 Å². The first-order valence-corrected chi connectivity index (χ1v) is 8.32. The summed E-state index contributed by atoms with van der Waals surface area (Å²) in [6, 6.07) is 8.16. The third-order valence-electron chi connectivity index (χ3n) is 4.39. The van der Waals surface area contributed by atoms with Gasteiger partial charge in [-0.2, -0.15) is 0 Å². The van der Waals surface area contributed by atoms with E-state index in [1.807, 2.05) is 30.3 Å². The number of nitrogens with one attached hydrogen (secondary N) is 2. The molecule has 2 rings (SSSR count). The maximum absolute atomic E-state index is 13.1. The van der Waals surface area contributed by atoms with Gasteiger partial charge in [-0.15, -0.1) is 0 Å². The molecule has 25 heavy (non-hydrogen) atoms. The molecule has 7 heteroatoms. The summed E-state index contributed by atoms with van der Waals surface area (Å²) in [6.07, 6.45) is 0.620. The summed E-state index contributed by atoms with van der Waals surface area (Å²) in [7, 11) is 3.11. The molecule has 0 spiro atoms. The highest BCUT2D eigenvalue weighted by Crippen LogP contribution is 2.22. The molecule has 1 saturated heterocycles. The molecular formula is C18H25N3O4. The van der Waals surface area contributed by atoms with Crippen LogP contribution in [0.25, 0.3) is 0 Å². The van der Waals surface area contributed by atoms with Crippen LogP contribution in [0.5, 0.6) is 0 Å². The molecule has 3 atom stereocenters. The average molecular weight is 347 g/mol. The molecule has 0 unspecified atom stereocenters. The van der Waals surface area contributed by atoms with Crippen LogP contribution in [0, 0.1) is 0 Å². The van der Waals surface area contributed by atoms with E-state index in [-0.39, 0.29) is 23.8 Å². The van der Waals surface area contributed by atoms with E-state index in [4.69, 9.17) is 4.74 Å². The van der Waals surface area contributed by atoms with Crippen LogP contribution in [0.2, 0.25) is 0 Å². The lowest BCUT2D eigenvalue weighted by atomic mass is 10.0. The number of hydrogen-bond acceptors (Lipinski definition) is 4. The molecule has 0 aromatic heterocycles. The van der Waals surface area contributed by atoms with Crippen molar-refractivity contribution < 1.29 is 19.1 Å². The SMILES string of the molecule is CNC(=O)[C@@H]1C[C@H](OC)CN1C(=O)[C@H](Cc1ccccc1)NC(C)=O. The molecule has 1 aromatic rings. The van der Waals surface area contributed by atoms with Crippen molar-refractivity contribution in [1.82, 2.24) is 15.5 Å². The number of rotatable bonds is 6. The smallest absolute Gasteiger partial charge is 0.246 e. The zero-order chi connectivity index (χ0) is 18.4. The van der Waals surface area contributed by atoms with Crippen LogP contribution in [-0.4, -0.2) is 61.5 Å². The van der Waals surface area contributed by atoms with E-state index in [1.54, 1.807) is 14.2 Å². The third-order valence-corrected chi connectivity index (χ3v) is 4.39. The van der Waals surface area contributed by atoms with Crippen molar-refractivity contribution in [3.05, 3.63) is 35.9 Å². The Balaban J connectivity index is 2.21. The number of hydrogen-bond donors (Lipinski definition) is 2. The van der Waals surface area contributed by atoms with Crippen molar-refractivity contribution >= 4 is 17.7 Å². The second kappa shape index (κ2) is 8.62. The zero-order valence-electron chi connectivity index (χ0n) is 14.8. The Morgan fingerprint density at radius 1 is 1.28 bits per heavy atom. The Kier molecular flexibility index (Phi) is 6.52. The van der Waals surface area contributed by atoms with E-state index in [9.17, 15) is 14.4 Å². The number of likely N-dealkylation sites (tertiary alicyclic amines) is 1. The Bertz CT molecular complexity index is 620. The normalized spacial score (nSPS) is 20.8. The topological polar surface area (TPSA) is 87.7 Å². The average Bonchev–Trinajstić information content (AvgIpc) is 3.04. The molecule has 0 saturated carbocycles. The second-order valence-corrected chi connectivity index (χ2v) is 6.16. The maximum atomic E-state index is 13.1. The van der Waals surface area contributed by atoms with Gasteiger partial charge in [0.25, 0.3) is 0 Å². The molecule has 1 fully saturated rings. The van der Waals surface area contributed by atoms with Gasteiger partial charge in [0.2, 0.25) is 17.7 Å². The van der Waals surface area contributed by atoms with Crippen LogP contribution < -0.4 is 10.6 Å². The van der Waals surface area contributed by atoms with Gasteiger partial charge in [-0.25, -0.2) is 0 Å². The van der Waals surface area contributed by atoms with Gasteiger partial charge in [-0.05, 0) is 5.56 Å². The van der Waals surface area contributed by atoms with Gasteiger partial charge >= 0.3 is 0 Å². The van der Waals surface area contributed by atoms with Crippen molar-refractivity contribution in [2.75, 3.05) is 20.7 Å². The third kappa shape index (κ3) is 4.79. The number of amides is 3. The molecule has 1 aliphatic rings. The van der Waals surface area contributed by atoms with Crippen LogP contribution >= 0.6 is 0 Å². The van der Waals surface area contributed by atoms with Gasteiger partial charge in [0.05, 0.1) is 6.10 Å². The lowest BCUT2D eigenvalue weighted by Crippen LogP contribution is -2.53. The van der Waals surface area contributed by atoms with E-state index < -0.39 is 12.1 Å². The lowest BCUT2D eigenvalue weighted by molar-refractivity contribution is -0.141. The number of benzene rings is 1. The van der Waals surface area contributed by atoms with Crippen molar-refractivity contribution in [3.8, 4) is 0 Å². The monoisotopic (exact) mass is 347 g/mol.